The van der Waals surface area contributed by atoms with E-state index in [1.54, 1.807) is 0 Å². The van der Waals surface area contributed by atoms with E-state index in [0.717, 1.165) is 0 Å². The van der Waals surface area contributed by atoms with E-state index < -0.39 is 5.41 Å². The highest BCUT2D eigenvalue weighted by atomic mass is 15.0. The Bertz CT molecular complexity index is 3360. The standard InChI is InChI=1S/C57H35N/c1-2-16-36(17-3-1)55-45-22-4-6-24-47(45)56(48-25-7-5-23-46(48)55)37-30-32-41-42-33-31-38(58-53-28-14-10-20-43(53)44-21-11-15-29-54(44)58)35-52(42)57(51(41)34-37)49-26-12-8-18-39(49)40-19-9-13-27-50(40)57/h1-35H. The van der Waals surface area contributed by atoms with Gasteiger partial charge in [0, 0.05) is 16.5 Å². The number of hydrogen-bond donors (Lipinski definition) is 0. The molecule has 268 valence electrons. The van der Waals surface area contributed by atoms with Gasteiger partial charge >= 0.3 is 0 Å². The second-order valence-electron chi connectivity index (χ2n) is 15.9. The van der Waals surface area contributed by atoms with Crippen LogP contribution in [0.5, 0.6) is 0 Å². The molecule has 1 spiro atoms. The molecule has 1 nitrogen and oxygen atoms in total. The molecule has 13 rings (SSSR count). The fourth-order valence-electron chi connectivity index (χ4n) is 11.0. The summed E-state index contributed by atoms with van der Waals surface area (Å²) in [5.41, 5.74) is 18.8. The lowest BCUT2D eigenvalue weighted by Gasteiger charge is -2.31. The van der Waals surface area contributed by atoms with Gasteiger partial charge < -0.3 is 4.57 Å². The Balaban J connectivity index is 1.13. The highest BCUT2D eigenvalue weighted by molar-refractivity contribution is 6.21. The van der Waals surface area contributed by atoms with E-state index in [4.69, 9.17) is 0 Å². The Morgan fingerprint density at radius 3 is 1.26 bits per heavy atom. The first-order valence-electron chi connectivity index (χ1n) is 20.3. The summed E-state index contributed by atoms with van der Waals surface area (Å²) >= 11 is 0. The molecule has 0 N–H and O–H groups in total. The van der Waals surface area contributed by atoms with Gasteiger partial charge in [-0.2, -0.15) is 0 Å². The molecule has 1 heterocycles. The van der Waals surface area contributed by atoms with Crippen molar-refractivity contribution in [1.82, 2.24) is 4.57 Å². The van der Waals surface area contributed by atoms with Crippen molar-refractivity contribution in [1.29, 1.82) is 0 Å². The van der Waals surface area contributed by atoms with Gasteiger partial charge in [-0.1, -0.05) is 182 Å². The molecule has 0 fully saturated rings. The van der Waals surface area contributed by atoms with Crippen molar-refractivity contribution >= 4 is 43.4 Å². The van der Waals surface area contributed by atoms with Gasteiger partial charge in [0.05, 0.1) is 16.4 Å². The maximum atomic E-state index is 2.55. The number of benzene rings is 10. The van der Waals surface area contributed by atoms with Gasteiger partial charge in [-0.3, -0.25) is 0 Å². The van der Waals surface area contributed by atoms with Gasteiger partial charge in [0.15, 0.2) is 0 Å². The second-order valence-corrected chi connectivity index (χ2v) is 15.9. The summed E-state index contributed by atoms with van der Waals surface area (Å²) in [5.74, 6) is 0. The molecule has 0 unspecified atom stereocenters. The lowest BCUT2D eigenvalue weighted by atomic mass is 9.70. The third kappa shape index (κ3) is 4.05. The maximum absolute atomic E-state index is 2.55. The summed E-state index contributed by atoms with van der Waals surface area (Å²) in [4.78, 5) is 0. The number of rotatable bonds is 3. The fraction of sp³-hybridized carbons (Fsp3) is 0.0175. The van der Waals surface area contributed by atoms with Crippen LogP contribution >= 0.6 is 0 Å². The quantitative estimate of drug-likeness (QED) is 0.159. The van der Waals surface area contributed by atoms with Crippen molar-refractivity contribution in [2.45, 2.75) is 5.41 Å². The first kappa shape index (κ1) is 31.7. The van der Waals surface area contributed by atoms with Crippen LogP contribution < -0.4 is 0 Å². The summed E-state index contributed by atoms with van der Waals surface area (Å²) < 4.78 is 2.46. The number of aromatic nitrogens is 1. The molecule has 2 aliphatic carbocycles. The van der Waals surface area contributed by atoms with Crippen LogP contribution in [-0.2, 0) is 5.41 Å². The zero-order valence-corrected chi connectivity index (χ0v) is 31.7. The lowest BCUT2D eigenvalue weighted by molar-refractivity contribution is 0.793. The highest BCUT2D eigenvalue weighted by Crippen LogP contribution is 2.63. The molecule has 0 saturated carbocycles. The average Bonchev–Trinajstić information content (AvgIpc) is 3.90. The normalized spacial score (nSPS) is 13.3. The molecule has 0 amide bonds. The van der Waals surface area contributed by atoms with Crippen molar-refractivity contribution in [2.24, 2.45) is 0 Å². The van der Waals surface area contributed by atoms with E-state index in [-0.39, 0.29) is 0 Å². The van der Waals surface area contributed by atoms with Crippen LogP contribution in [0.1, 0.15) is 22.3 Å². The second kappa shape index (κ2) is 11.8. The predicted octanol–water partition coefficient (Wildman–Crippen LogP) is 14.8. The number of fused-ring (bicyclic) bond motifs is 15. The molecular formula is C57H35N. The summed E-state index contributed by atoms with van der Waals surface area (Å²) in [6.45, 7) is 0. The molecule has 0 radical (unpaired) electrons. The zero-order chi connectivity index (χ0) is 38.0. The Kier molecular flexibility index (Phi) is 6.43. The fourth-order valence-corrected chi connectivity index (χ4v) is 11.0. The minimum Gasteiger partial charge on any atom is -0.309 e. The van der Waals surface area contributed by atoms with Gasteiger partial charge in [-0.15, -0.1) is 0 Å². The van der Waals surface area contributed by atoms with Crippen LogP contribution in [0.15, 0.2) is 212 Å². The van der Waals surface area contributed by atoms with E-state index in [9.17, 15) is 0 Å². The molecular weight excluding hydrogens is 699 g/mol. The number of nitrogens with zero attached hydrogens (tertiary/aromatic N) is 1. The SMILES string of the molecule is c1ccc(-c2c3ccccc3c(-c3ccc4c(c3)C3(c5ccccc5-c5ccccc53)c3cc(-n5c6ccccc6c6ccccc65)ccc3-4)c3ccccc23)cc1. The molecule has 11 aromatic rings. The van der Waals surface area contributed by atoms with Crippen molar-refractivity contribution in [2.75, 3.05) is 0 Å². The van der Waals surface area contributed by atoms with Crippen LogP contribution in [0.4, 0.5) is 0 Å². The third-order valence-corrected chi connectivity index (χ3v) is 13.2. The average molecular weight is 734 g/mol. The summed E-state index contributed by atoms with van der Waals surface area (Å²) in [5, 5.41) is 7.63. The lowest BCUT2D eigenvalue weighted by Crippen LogP contribution is -2.26. The first-order chi connectivity index (χ1) is 28.8. The van der Waals surface area contributed by atoms with E-state index >= 15 is 0 Å². The molecule has 0 saturated heterocycles. The predicted molar refractivity (Wildman–Crippen MR) is 243 cm³/mol. The van der Waals surface area contributed by atoms with Crippen LogP contribution in [-0.4, -0.2) is 4.57 Å². The van der Waals surface area contributed by atoms with Crippen LogP contribution in [0.3, 0.4) is 0 Å². The van der Waals surface area contributed by atoms with E-state index in [2.05, 4.69) is 217 Å². The van der Waals surface area contributed by atoms with Crippen molar-refractivity contribution in [3.8, 4) is 50.2 Å². The van der Waals surface area contributed by atoms with Crippen LogP contribution in [0, 0.1) is 0 Å². The van der Waals surface area contributed by atoms with Gasteiger partial charge in [-0.05, 0) is 119 Å². The Morgan fingerprint density at radius 2 is 0.690 bits per heavy atom. The molecule has 1 heteroatoms. The highest BCUT2D eigenvalue weighted by Gasteiger charge is 2.52. The Hall–Kier alpha value is -7.48. The minimum absolute atomic E-state index is 0.502. The molecule has 0 aliphatic heterocycles. The van der Waals surface area contributed by atoms with Gasteiger partial charge in [-0.25, -0.2) is 0 Å². The first-order valence-corrected chi connectivity index (χ1v) is 20.3. The maximum Gasteiger partial charge on any atom is 0.0726 e. The largest absolute Gasteiger partial charge is 0.309 e. The van der Waals surface area contributed by atoms with Crippen LogP contribution in [0.2, 0.25) is 0 Å². The monoisotopic (exact) mass is 733 g/mol. The van der Waals surface area contributed by atoms with E-state index in [1.807, 2.05) is 0 Å². The van der Waals surface area contributed by atoms with Gasteiger partial charge in [0.2, 0.25) is 0 Å². The van der Waals surface area contributed by atoms with E-state index in [0.29, 0.717) is 0 Å². The summed E-state index contributed by atoms with van der Waals surface area (Å²) in [7, 11) is 0. The van der Waals surface area contributed by atoms with Crippen molar-refractivity contribution < 1.29 is 0 Å². The van der Waals surface area contributed by atoms with Crippen molar-refractivity contribution in [3.05, 3.63) is 235 Å². The zero-order valence-electron chi connectivity index (χ0n) is 31.7. The smallest absolute Gasteiger partial charge is 0.0726 e. The molecule has 2 aliphatic rings. The minimum atomic E-state index is -0.502. The summed E-state index contributed by atoms with van der Waals surface area (Å²) in [6.07, 6.45) is 0. The van der Waals surface area contributed by atoms with E-state index in [1.165, 1.54) is 116 Å². The molecule has 0 bridgehead atoms. The van der Waals surface area contributed by atoms with Crippen molar-refractivity contribution in [3.63, 3.8) is 0 Å². The van der Waals surface area contributed by atoms with Gasteiger partial charge in [0.1, 0.15) is 0 Å². The number of hydrogen-bond acceptors (Lipinski definition) is 0. The molecule has 1 aromatic heterocycles. The Labute approximate surface area is 336 Å². The third-order valence-electron chi connectivity index (χ3n) is 13.2. The molecule has 0 atom stereocenters. The Morgan fingerprint density at radius 1 is 0.276 bits per heavy atom. The topological polar surface area (TPSA) is 4.93 Å². The van der Waals surface area contributed by atoms with Crippen LogP contribution in [0.25, 0.3) is 93.5 Å². The molecule has 58 heavy (non-hydrogen) atoms. The number of para-hydroxylation sites is 2. The van der Waals surface area contributed by atoms with Gasteiger partial charge in [0.25, 0.3) is 0 Å². The summed E-state index contributed by atoms with van der Waals surface area (Å²) in [6, 6.07) is 79.4. The molecule has 10 aromatic carbocycles.